The van der Waals surface area contributed by atoms with E-state index in [9.17, 15) is 9.59 Å². The van der Waals surface area contributed by atoms with Crippen LogP contribution in [0.2, 0.25) is 5.02 Å². The predicted octanol–water partition coefficient (Wildman–Crippen LogP) is 4.67. The molecule has 0 aliphatic heterocycles. The molecule has 2 rings (SSSR count). The highest BCUT2D eigenvalue weighted by Crippen LogP contribution is 2.21. The number of nitrogens with zero attached hydrogens (tertiary/aromatic N) is 1. The van der Waals surface area contributed by atoms with Crippen molar-refractivity contribution in [3.63, 3.8) is 0 Å². The van der Waals surface area contributed by atoms with E-state index in [0.717, 1.165) is 16.7 Å². The van der Waals surface area contributed by atoms with E-state index in [-0.39, 0.29) is 24.5 Å². The number of nitrogens with one attached hydrogen (secondary N) is 1. The van der Waals surface area contributed by atoms with Gasteiger partial charge in [-0.3, -0.25) is 9.59 Å². The zero-order valence-electron chi connectivity index (χ0n) is 18.4. The van der Waals surface area contributed by atoms with Gasteiger partial charge in [0.25, 0.3) is 5.91 Å². The van der Waals surface area contributed by atoms with Crippen molar-refractivity contribution >= 4 is 23.4 Å². The Morgan fingerprint density at radius 1 is 1.10 bits per heavy atom. The quantitative estimate of drug-likeness (QED) is 0.629. The molecule has 0 saturated carbocycles. The maximum atomic E-state index is 13.2. The van der Waals surface area contributed by atoms with Gasteiger partial charge in [0.05, 0.1) is 0 Å². The van der Waals surface area contributed by atoms with Crippen LogP contribution in [0.4, 0.5) is 0 Å². The number of benzene rings is 2. The molecule has 0 aliphatic carbocycles. The van der Waals surface area contributed by atoms with Crippen LogP contribution in [0.5, 0.6) is 5.75 Å². The average Bonchev–Trinajstić information content (AvgIpc) is 2.69. The second-order valence-corrected chi connectivity index (χ2v) is 8.16. The van der Waals surface area contributed by atoms with Crippen molar-refractivity contribution in [3.8, 4) is 5.75 Å². The second-order valence-electron chi connectivity index (χ2n) is 7.72. The van der Waals surface area contributed by atoms with Crippen LogP contribution in [-0.4, -0.2) is 35.4 Å². The number of hydrogen-bond acceptors (Lipinski definition) is 3. The van der Waals surface area contributed by atoms with Gasteiger partial charge in [-0.2, -0.15) is 0 Å². The first-order valence-electron chi connectivity index (χ1n) is 10.3. The van der Waals surface area contributed by atoms with Gasteiger partial charge >= 0.3 is 0 Å². The molecule has 0 fully saturated rings. The van der Waals surface area contributed by atoms with Gasteiger partial charge in [0.1, 0.15) is 11.8 Å². The topological polar surface area (TPSA) is 58.6 Å². The van der Waals surface area contributed by atoms with Crippen LogP contribution in [0.3, 0.4) is 0 Å². The first-order chi connectivity index (χ1) is 14.2. The van der Waals surface area contributed by atoms with Gasteiger partial charge in [0.2, 0.25) is 5.91 Å². The SMILES string of the molecule is CC[C@@H](C(=O)NC(C)C)N(Cc1ccc(Cl)cc1)C(=O)COc1cccc(C)c1C. The number of rotatable bonds is 9. The van der Waals surface area contributed by atoms with Crippen LogP contribution in [0, 0.1) is 13.8 Å². The van der Waals surface area contributed by atoms with Crippen LogP contribution in [0.25, 0.3) is 0 Å². The van der Waals surface area contributed by atoms with E-state index in [4.69, 9.17) is 16.3 Å². The van der Waals surface area contributed by atoms with Crippen LogP contribution < -0.4 is 10.1 Å². The van der Waals surface area contributed by atoms with Gasteiger partial charge in [0.15, 0.2) is 6.61 Å². The normalized spacial score (nSPS) is 11.8. The van der Waals surface area contributed by atoms with Crippen molar-refractivity contribution in [3.05, 3.63) is 64.2 Å². The Hall–Kier alpha value is -2.53. The summed E-state index contributed by atoms with van der Waals surface area (Å²) in [5, 5.41) is 3.54. The molecule has 0 radical (unpaired) electrons. The molecule has 30 heavy (non-hydrogen) atoms. The molecule has 0 saturated heterocycles. The van der Waals surface area contributed by atoms with Crippen molar-refractivity contribution in [2.75, 3.05) is 6.61 Å². The number of ether oxygens (including phenoxy) is 1. The Labute approximate surface area is 184 Å². The average molecular weight is 431 g/mol. The molecular formula is C24H31ClN2O3. The third-order valence-corrected chi connectivity index (χ3v) is 5.24. The number of hydrogen-bond donors (Lipinski definition) is 1. The highest BCUT2D eigenvalue weighted by Gasteiger charge is 2.29. The minimum Gasteiger partial charge on any atom is -0.483 e. The fraction of sp³-hybridized carbons (Fsp3) is 0.417. The number of carbonyl (C=O) groups excluding carboxylic acids is 2. The fourth-order valence-electron chi connectivity index (χ4n) is 3.19. The summed E-state index contributed by atoms with van der Waals surface area (Å²) in [6.45, 7) is 9.84. The molecule has 1 atom stereocenters. The lowest BCUT2D eigenvalue weighted by Gasteiger charge is -2.31. The second kappa shape index (κ2) is 11.0. The molecule has 0 aromatic heterocycles. The minimum absolute atomic E-state index is 0.00905. The van der Waals surface area contributed by atoms with Gasteiger partial charge < -0.3 is 15.0 Å². The maximum absolute atomic E-state index is 13.2. The Morgan fingerprint density at radius 2 is 1.77 bits per heavy atom. The number of halogens is 1. The third-order valence-electron chi connectivity index (χ3n) is 4.99. The molecule has 2 aromatic rings. The molecule has 162 valence electrons. The van der Waals surface area contributed by atoms with Crippen LogP contribution in [-0.2, 0) is 16.1 Å². The molecule has 0 bridgehead atoms. The van der Waals surface area contributed by atoms with E-state index >= 15 is 0 Å². The van der Waals surface area contributed by atoms with Gasteiger partial charge in [0, 0.05) is 17.6 Å². The van der Waals surface area contributed by atoms with Gasteiger partial charge in [-0.05, 0) is 69.0 Å². The molecule has 1 N–H and O–H groups in total. The van der Waals surface area contributed by atoms with Crippen molar-refractivity contribution in [2.45, 2.75) is 59.7 Å². The van der Waals surface area contributed by atoms with Crippen LogP contribution >= 0.6 is 11.6 Å². The van der Waals surface area contributed by atoms with E-state index in [1.54, 1.807) is 17.0 Å². The summed E-state index contributed by atoms with van der Waals surface area (Å²) in [5.41, 5.74) is 3.00. The van der Waals surface area contributed by atoms with Crippen molar-refractivity contribution < 1.29 is 14.3 Å². The lowest BCUT2D eigenvalue weighted by Crippen LogP contribution is -2.51. The highest BCUT2D eigenvalue weighted by molar-refractivity contribution is 6.30. The maximum Gasteiger partial charge on any atom is 0.261 e. The van der Waals surface area contributed by atoms with Gasteiger partial charge in [-0.15, -0.1) is 0 Å². The molecule has 2 aromatic carbocycles. The van der Waals surface area contributed by atoms with Crippen molar-refractivity contribution in [2.24, 2.45) is 0 Å². The van der Waals surface area contributed by atoms with E-state index in [1.807, 2.05) is 65.0 Å². The van der Waals surface area contributed by atoms with Gasteiger partial charge in [-0.1, -0.05) is 42.8 Å². The van der Waals surface area contributed by atoms with Gasteiger partial charge in [-0.25, -0.2) is 0 Å². The molecule has 2 amide bonds. The number of aryl methyl sites for hydroxylation is 1. The summed E-state index contributed by atoms with van der Waals surface area (Å²) in [6, 6.07) is 12.4. The zero-order chi connectivity index (χ0) is 22.3. The summed E-state index contributed by atoms with van der Waals surface area (Å²) < 4.78 is 5.83. The molecule has 5 nitrogen and oxygen atoms in total. The largest absolute Gasteiger partial charge is 0.483 e. The predicted molar refractivity (Wildman–Crippen MR) is 121 cm³/mol. The molecule has 0 aliphatic rings. The Bertz CT molecular complexity index is 865. The summed E-state index contributed by atoms with van der Waals surface area (Å²) >= 11 is 5.99. The molecule has 0 spiro atoms. The first-order valence-corrected chi connectivity index (χ1v) is 10.6. The number of carbonyl (C=O) groups is 2. The monoisotopic (exact) mass is 430 g/mol. The van der Waals surface area contributed by atoms with E-state index in [0.29, 0.717) is 23.7 Å². The van der Waals surface area contributed by atoms with Crippen LogP contribution in [0.1, 0.15) is 43.9 Å². The van der Waals surface area contributed by atoms with Crippen LogP contribution in [0.15, 0.2) is 42.5 Å². The molecular weight excluding hydrogens is 400 g/mol. The Kier molecular flexibility index (Phi) is 8.72. The third kappa shape index (κ3) is 6.49. The Morgan fingerprint density at radius 3 is 2.37 bits per heavy atom. The van der Waals surface area contributed by atoms with Crippen molar-refractivity contribution in [1.82, 2.24) is 10.2 Å². The lowest BCUT2D eigenvalue weighted by molar-refractivity contribution is -0.143. The van der Waals surface area contributed by atoms with Crippen molar-refractivity contribution in [1.29, 1.82) is 0 Å². The molecule has 6 heteroatoms. The Balaban J connectivity index is 2.23. The van der Waals surface area contributed by atoms with E-state index < -0.39 is 6.04 Å². The first kappa shape index (κ1) is 23.7. The van der Waals surface area contributed by atoms with E-state index in [1.165, 1.54) is 0 Å². The van der Waals surface area contributed by atoms with E-state index in [2.05, 4.69) is 5.32 Å². The molecule has 0 heterocycles. The summed E-state index contributed by atoms with van der Waals surface area (Å²) in [6.07, 6.45) is 0.501. The summed E-state index contributed by atoms with van der Waals surface area (Å²) in [5.74, 6) is 0.271. The lowest BCUT2D eigenvalue weighted by atomic mass is 10.1. The fourth-order valence-corrected chi connectivity index (χ4v) is 3.32. The number of amides is 2. The molecule has 0 unspecified atom stereocenters. The minimum atomic E-state index is -0.585. The summed E-state index contributed by atoms with van der Waals surface area (Å²) in [4.78, 5) is 27.5. The summed E-state index contributed by atoms with van der Waals surface area (Å²) in [7, 11) is 0. The smallest absolute Gasteiger partial charge is 0.261 e. The highest BCUT2D eigenvalue weighted by atomic mass is 35.5. The standard InChI is InChI=1S/C24H31ClN2O3/c1-6-21(24(29)26-16(2)3)27(14-19-10-12-20(25)13-11-19)23(28)15-30-22-9-7-8-17(4)18(22)5/h7-13,16,21H,6,14-15H2,1-5H3,(H,26,29)/t21-/m0/s1. The zero-order valence-corrected chi connectivity index (χ0v) is 19.1.